The second-order valence-corrected chi connectivity index (χ2v) is 7.40. The van der Waals surface area contributed by atoms with Gasteiger partial charge in [-0.3, -0.25) is 0 Å². The van der Waals surface area contributed by atoms with Crippen LogP contribution in [0.4, 0.5) is 0 Å². The van der Waals surface area contributed by atoms with Gasteiger partial charge in [0.15, 0.2) is 0 Å². The van der Waals surface area contributed by atoms with Gasteiger partial charge < -0.3 is 10.1 Å². The van der Waals surface area contributed by atoms with Crippen molar-refractivity contribution in [2.24, 2.45) is 0 Å². The van der Waals surface area contributed by atoms with Gasteiger partial charge in [-0.2, -0.15) is 5.10 Å². The molecule has 0 radical (unpaired) electrons. The maximum atomic E-state index is 5.98. The number of aromatic nitrogens is 2. The number of benzene rings is 1. The Bertz CT molecular complexity index is 810. The van der Waals surface area contributed by atoms with Crippen molar-refractivity contribution in [2.75, 3.05) is 7.11 Å². The number of methoxy groups -OCH3 is 1. The van der Waals surface area contributed by atoms with Crippen molar-refractivity contribution in [3.05, 3.63) is 63.1 Å². The Labute approximate surface area is 151 Å². The molecule has 126 valence electrons. The van der Waals surface area contributed by atoms with Crippen LogP contribution >= 0.6 is 22.9 Å². The molecule has 6 heteroatoms. The number of hydrogen-bond donors (Lipinski definition) is 1. The molecule has 1 N–H and O–H groups in total. The molecule has 1 aromatic carbocycles. The highest BCUT2D eigenvalue weighted by molar-refractivity contribution is 7.16. The van der Waals surface area contributed by atoms with Crippen molar-refractivity contribution in [1.82, 2.24) is 15.1 Å². The van der Waals surface area contributed by atoms with Crippen molar-refractivity contribution < 1.29 is 4.74 Å². The average Bonchev–Trinajstić information content (AvgIpc) is 3.18. The van der Waals surface area contributed by atoms with E-state index in [0.29, 0.717) is 0 Å². The van der Waals surface area contributed by atoms with Crippen LogP contribution in [-0.2, 0) is 6.54 Å². The lowest BCUT2D eigenvalue weighted by molar-refractivity contribution is 0.414. The van der Waals surface area contributed by atoms with Crippen molar-refractivity contribution in [3.63, 3.8) is 0 Å². The van der Waals surface area contributed by atoms with Gasteiger partial charge in [0.2, 0.25) is 0 Å². The van der Waals surface area contributed by atoms with Crippen molar-refractivity contribution in [1.29, 1.82) is 0 Å². The third-order valence-electron chi connectivity index (χ3n) is 4.04. The molecule has 0 saturated carbocycles. The molecule has 1 atom stereocenters. The van der Waals surface area contributed by atoms with E-state index in [1.807, 2.05) is 41.2 Å². The summed E-state index contributed by atoms with van der Waals surface area (Å²) in [4.78, 5) is 1.23. The molecule has 3 rings (SSSR count). The third-order valence-corrected chi connectivity index (χ3v) is 5.27. The van der Waals surface area contributed by atoms with Crippen LogP contribution in [-0.4, -0.2) is 16.9 Å². The number of nitrogens with one attached hydrogen (secondary N) is 1. The van der Waals surface area contributed by atoms with Gasteiger partial charge in [0.1, 0.15) is 5.75 Å². The van der Waals surface area contributed by atoms with Gasteiger partial charge in [-0.05, 0) is 50.2 Å². The van der Waals surface area contributed by atoms with Gasteiger partial charge in [0.25, 0.3) is 0 Å². The SMILES string of the molecule is COc1ccc(-n2ncc(C(C)NCc3ccc(Cl)s3)c2C)cc1. The van der Waals surface area contributed by atoms with E-state index >= 15 is 0 Å². The van der Waals surface area contributed by atoms with E-state index in [9.17, 15) is 0 Å². The second-order valence-electron chi connectivity index (χ2n) is 5.60. The second kappa shape index (κ2) is 7.38. The Kier molecular flexibility index (Phi) is 5.23. The maximum Gasteiger partial charge on any atom is 0.119 e. The van der Waals surface area contributed by atoms with Crippen LogP contribution in [0.15, 0.2) is 42.6 Å². The van der Waals surface area contributed by atoms with Crippen molar-refractivity contribution in [3.8, 4) is 11.4 Å². The third kappa shape index (κ3) is 3.64. The number of thiophene rings is 1. The number of nitrogens with zero attached hydrogens (tertiary/aromatic N) is 2. The summed E-state index contributed by atoms with van der Waals surface area (Å²) < 4.78 is 7.98. The molecule has 0 fully saturated rings. The fraction of sp³-hybridized carbons (Fsp3) is 0.278. The van der Waals surface area contributed by atoms with Gasteiger partial charge in [0, 0.05) is 28.7 Å². The van der Waals surface area contributed by atoms with Crippen molar-refractivity contribution >= 4 is 22.9 Å². The summed E-state index contributed by atoms with van der Waals surface area (Å²) in [6, 6.07) is 12.1. The molecular weight excluding hydrogens is 342 g/mol. The highest BCUT2D eigenvalue weighted by atomic mass is 35.5. The van der Waals surface area contributed by atoms with E-state index in [2.05, 4.69) is 30.3 Å². The summed E-state index contributed by atoms with van der Waals surface area (Å²) in [6.07, 6.45) is 1.93. The first-order valence-electron chi connectivity index (χ1n) is 7.75. The fourth-order valence-electron chi connectivity index (χ4n) is 2.64. The van der Waals surface area contributed by atoms with Gasteiger partial charge >= 0.3 is 0 Å². The minimum atomic E-state index is 0.206. The minimum Gasteiger partial charge on any atom is -0.497 e. The molecule has 0 aliphatic carbocycles. The normalized spacial score (nSPS) is 12.3. The summed E-state index contributed by atoms with van der Waals surface area (Å²) in [6.45, 7) is 5.04. The minimum absolute atomic E-state index is 0.206. The molecule has 0 saturated heterocycles. The molecule has 2 aromatic heterocycles. The molecule has 0 bridgehead atoms. The molecule has 0 amide bonds. The van der Waals surface area contributed by atoms with E-state index < -0.39 is 0 Å². The van der Waals surface area contributed by atoms with Crippen LogP contribution in [0.3, 0.4) is 0 Å². The van der Waals surface area contributed by atoms with Crippen LogP contribution in [0.25, 0.3) is 5.69 Å². The number of ether oxygens (including phenoxy) is 1. The standard InChI is InChI=1S/C18H20ClN3OS/c1-12(20-10-16-8-9-18(19)24-16)17-11-21-22(13(17)2)14-4-6-15(23-3)7-5-14/h4-9,11-12,20H,10H2,1-3H3. The molecular formula is C18H20ClN3OS. The van der Waals surface area contributed by atoms with Crippen LogP contribution in [0.5, 0.6) is 5.75 Å². The summed E-state index contributed by atoms with van der Waals surface area (Å²) in [5.41, 5.74) is 3.34. The van der Waals surface area contributed by atoms with Crippen molar-refractivity contribution in [2.45, 2.75) is 26.4 Å². The molecule has 0 aliphatic heterocycles. The molecule has 3 aromatic rings. The van der Waals surface area contributed by atoms with Crippen LogP contribution in [0.2, 0.25) is 4.34 Å². The molecule has 0 aliphatic rings. The predicted octanol–water partition coefficient (Wildman–Crippen LogP) is 4.76. The largest absolute Gasteiger partial charge is 0.497 e. The first-order chi connectivity index (χ1) is 11.6. The lowest BCUT2D eigenvalue weighted by Gasteiger charge is -2.13. The first kappa shape index (κ1) is 17.0. The van der Waals surface area contributed by atoms with E-state index in [1.54, 1.807) is 18.4 Å². The number of rotatable bonds is 6. The smallest absolute Gasteiger partial charge is 0.119 e. The average molecular weight is 362 g/mol. The van der Waals surface area contributed by atoms with Gasteiger partial charge in [-0.15, -0.1) is 11.3 Å². The summed E-state index contributed by atoms with van der Waals surface area (Å²) >= 11 is 7.58. The van der Waals surface area contributed by atoms with E-state index in [4.69, 9.17) is 16.3 Å². The molecule has 24 heavy (non-hydrogen) atoms. The molecule has 4 nitrogen and oxygen atoms in total. The predicted molar refractivity (Wildman–Crippen MR) is 99.4 cm³/mol. The summed E-state index contributed by atoms with van der Waals surface area (Å²) in [5, 5.41) is 8.07. The van der Waals surface area contributed by atoms with Crippen LogP contribution in [0.1, 0.15) is 29.1 Å². The Balaban J connectivity index is 1.73. The Morgan fingerprint density at radius 1 is 1.25 bits per heavy atom. The Morgan fingerprint density at radius 3 is 2.62 bits per heavy atom. The van der Waals surface area contributed by atoms with Gasteiger partial charge in [0.05, 0.1) is 23.3 Å². The van der Waals surface area contributed by atoms with Crippen LogP contribution < -0.4 is 10.1 Å². The zero-order valence-electron chi connectivity index (χ0n) is 13.9. The Morgan fingerprint density at radius 2 is 2.00 bits per heavy atom. The van der Waals surface area contributed by atoms with E-state index in [-0.39, 0.29) is 6.04 Å². The topological polar surface area (TPSA) is 39.1 Å². The number of hydrogen-bond acceptors (Lipinski definition) is 4. The monoisotopic (exact) mass is 361 g/mol. The Hall–Kier alpha value is -1.82. The first-order valence-corrected chi connectivity index (χ1v) is 8.94. The highest BCUT2D eigenvalue weighted by Crippen LogP contribution is 2.24. The number of halogens is 1. The molecule has 2 heterocycles. The lowest BCUT2D eigenvalue weighted by Crippen LogP contribution is -2.18. The highest BCUT2D eigenvalue weighted by Gasteiger charge is 2.14. The van der Waals surface area contributed by atoms with Crippen LogP contribution in [0, 0.1) is 6.92 Å². The zero-order chi connectivity index (χ0) is 17.1. The van der Waals surface area contributed by atoms with Gasteiger partial charge in [-0.1, -0.05) is 11.6 Å². The summed E-state index contributed by atoms with van der Waals surface area (Å²) in [5.74, 6) is 0.841. The molecule has 1 unspecified atom stereocenters. The maximum absolute atomic E-state index is 5.98. The van der Waals surface area contributed by atoms with Gasteiger partial charge in [-0.25, -0.2) is 4.68 Å². The zero-order valence-corrected chi connectivity index (χ0v) is 15.5. The summed E-state index contributed by atoms with van der Waals surface area (Å²) in [7, 11) is 1.67. The quantitative estimate of drug-likeness (QED) is 0.688. The molecule has 0 spiro atoms. The lowest BCUT2D eigenvalue weighted by atomic mass is 10.1. The van der Waals surface area contributed by atoms with E-state index in [0.717, 1.165) is 28.0 Å². The van der Waals surface area contributed by atoms with E-state index in [1.165, 1.54) is 10.4 Å². The fourth-order valence-corrected chi connectivity index (χ4v) is 3.68.